The van der Waals surface area contributed by atoms with E-state index in [0.29, 0.717) is 5.15 Å². The molecule has 1 aromatic heterocycles. The first-order chi connectivity index (χ1) is 8.43. The van der Waals surface area contributed by atoms with Crippen LogP contribution in [0.3, 0.4) is 0 Å². The fraction of sp³-hybridized carbons (Fsp3) is 0.438. The maximum atomic E-state index is 6.35. The minimum atomic E-state index is 0.0268. The van der Waals surface area contributed by atoms with Crippen LogP contribution in [0.2, 0.25) is 5.15 Å². The molecule has 0 aliphatic carbocycles. The lowest BCUT2D eigenvalue weighted by Gasteiger charge is -2.21. The van der Waals surface area contributed by atoms with E-state index in [1.165, 1.54) is 10.9 Å². The number of hydrogen-bond acceptors (Lipinski definition) is 1. The molecule has 96 valence electrons. The summed E-state index contributed by atoms with van der Waals surface area (Å²) in [7, 11) is 0. The summed E-state index contributed by atoms with van der Waals surface area (Å²) in [6.45, 7) is 8.68. The highest BCUT2D eigenvalue weighted by molar-refractivity contribution is 6.30. The van der Waals surface area contributed by atoms with Crippen molar-refractivity contribution in [3.63, 3.8) is 0 Å². The van der Waals surface area contributed by atoms with Gasteiger partial charge in [-0.1, -0.05) is 63.9 Å². The molecule has 2 heteroatoms. The lowest BCUT2D eigenvalue weighted by molar-refractivity contribution is 0.589. The smallest absolute Gasteiger partial charge is 0.133 e. The molecule has 2 rings (SSSR count). The quantitative estimate of drug-likeness (QED) is 0.682. The first-order valence-electron chi connectivity index (χ1n) is 6.52. The standard InChI is InChI=1S/C16H20ClN/c1-5-7-11-8-6-9-12-10-13(16(2,3)4)15(17)18-14(11)12/h6,8-10H,5,7H2,1-4H3. The fourth-order valence-electron chi connectivity index (χ4n) is 2.23. The van der Waals surface area contributed by atoms with Crippen molar-refractivity contribution in [1.82, 2.24) is 4.98 Å². The maximum Gasteiger partial charge on any atom is 0.133 e. The predicted molar refractivity (Wildman–Crippen MR) is 79.4 cm³/mol. The molecule has 18 heavy (non-hydrogen) atoms. The van der Waals surface area contributed by atoms with Gasteiger partial charge in [0, 0.05) is 5.39 Å². The van der Waals surface area contributed by atoms with E-state index in [1.807, 2.05) is 0 Å². The third kappa shape index (κ3) is 2.51. The van der Waals surface area contributed by atoms with Crippen LogP contribution in [-0.2, 0) is 11.8 Å². The number of benzene rings is 1. The van der Waals surface area contributed by atoms with Crippen LogP contribution in [-0.4, -0.2) is 4.98 Å². The molecular formula is C16H20ClN. The van der Waals surface area contributed by atoms with Gasteiger partial charge in [0.25, 0.3) is 0 Å². The predicted octanol–water partition coefficient (Wildman–Crippen LogP) is 5.14. The first-order valence-corrected chi connectivity index (χ1v) is 6.90. The first kappa shape index (κ1) is 13.4. The van der Waals surface area contributed by atoms with Crippen LogP contribution in [0.1, 0.15) is 45.2 Å². The van der Waals surface area contributed by atoms with E-state index in [4.69, 9.17) is 11.6 Å². The zero-order valence-corrected chi connectivity index (χ0v) is 12.3. The summed E-state index contributed by atoms with van der Waals surface area (Å²) in [5.41, 5.74) is 3.49. The number of hydrogen-bond donors (Lipinski definition) is 0. The molecule has 1 nitrogen and oxygen atoms in total. The van der Waals surface area contributed by atoms with E-state index in [2.05, 4.69) is 56.9 Å². The third-order valence-corrected chi connectivity index (χ3v) is 3.50. The molecule has 1 heterocycles. The molecule has 1 aromatic carbocycles. The Bertz CT molecular complexity index is 567. The number of pyridine rings is 1. The molecule has 0 bridgehead atoms. The van der Waals surface area contributed by atoms with Crippen LogP contribution in [0.25, 0.3) is 10.9 Å². The summed E-state index contributed by atoms with van der Waals surface area (Å²) in [6.07, 6.45) is 2.18. The largest absolute Gasteiger partial charge is 0.236 e. The molecule has 0 unspecified atom stereocenters. The molecule has 0 saturated carbocycles. The van der Waals surface area contributed by atoms with E-state index in [1.54, 1.807) is 0 Å². The summed E-state index contributed by atoms with van der Waals surface area (Å²) in [4.78, 5) is 4.63. The molecule has 0 radical (unpaired) electrons. The SMILES string of the molecule is CCCc1cccc2cc(C(C)(C)C)c(Cl)nc12. The number of aryl methyl sites for hydroxylation is 1. The number of fused-ring (bicyclic) bond motifs is 1. The molecule has 0 aliphatic heterocycles. The van der Waals surface area contributed by atoms with E-state index in [-0.39, 0.29) is 5.41 Å². The van der Waals surface area contributed by atoms with Gasteiger partial charge in [0.15, 0.2) is 0 Å². The molecule has 0 fully saturated rings. The topological polar surface area (TPSA) is 12.9 Å². The van der Waals surface area contributed by atoms with Crippen molar-refractivity contribution in [3.8, 4) is 0 Å². The molecule has 0 aliphatic rings. The number of rotatable bonds is 2. The second-order valence-corrected chi connectivity index (χ2v) is 6.17. The van der Waals surface area contributed by atoms with Crippen LogP contribution in [0, 0.1) is 0 Å². The van der Waals surface area contributed by atoms with E-state index < -0.39 is 0 Å². The second kappa shape index (κ2) is 4.89. The minimum Gasteiger partial charge on any atom is -0.236 e. The molecule has 0 saturated heterocycles. The highest BCUT2D eigenvalue weighted by Gasteiger charge is 2.19. The second-order valence-electron chi connectivity index (χ2n) is 5.82. The highest BCUT2D eigenvalue weighted by Crippen LogP contribution is 2.32. The summed E-state index contributed by atoms with van der Waals surface area (Å²) in [5, 5.41) is 1.83. The molecule has 2 aromatic rings. The molecular weight excluding hydrogens is 242 g/mol. The molecule has 0 N–H and O–H groups in total. The van der Waals surface area contributed by atoms with Crippen molar-refractivity contribution >= 4 is 22.5 Å². The van der Waals surface area contributed by atoms with Crippen molar-refractivity contribution in [2.24, 2.45) is 0 Å². The number of aromatic nitrogens is 1. The molecule has 0 atom stereocenters. The number of para-hydroxylation sites is 1. The lowest BCUT2D eigenvalue weighted by atomic mass is 9.87. The van der Waals surface area contributed by atoms with Crippen molar-refractivity contribution in [3.05, 3.63) is 40.5 Å². The van der Waals surface area contributed by atoms with Gasteiger partial charge in [0.2, 0.25) is 0 Å². The maximum absolute atomic E-state index is 6.35. The Morgan fingerprint density at radius 3 is 2.56 bits per heavy atom. The van der Waals surface area contributed by atoms with Gasteiger partial charge in [-0.25, -0.2) is 4.98 Å². The Morgan fingerprint density at radius 1 is 1.22 bits per heavy atom. The van der Waals surface area contributed by atoms with Crippen molar-refractivity contribution < 1.29 is 0 Å². The molecule has 0 amide bonds. The summed E-state index contributed by atoms with van der Waals surface area (Å²) in [5.74, 6) is 0. The van der Waals surface area contributed by atoms with Crippen molar-refractivity contribution in [2.75, 3.05) is 0 Å². The summed E-state index contributed by atoms with van der Waals surface area (Å²) in [6, 6.07) is 8.55. The Kier molecular flexibility index (Phi) is 3.63. The molecule has 0 spiro atoms. The average Bonchev–Trinajstić information content (AvgIpc) is 2.28. The Morgan fingerprint density at radius 2 is 1.94 bits per heavy atom. The number of nitrogens with zero attached hydrogens (tertiary/aromatic N) is 1. The zero-order valence-electron chi connectivity index (χ0n) is 11.5. The van der Waals surface area contributed by atoms with Crippen molar-refractivity contribution in [2.45, 2.75) is 46.0 Å². The summed E-state index contributed by atoms with van der Waals surface area (Å²) < 4.78 is 0. The number of halogens is 1. The van der Waals surface area contributed by atoms with Gasteiger partial charge in [-0.15, -0.1) is 0 Å². The van der Waals surface area contributed by atoms with Crippen molar-refractivity contribution in [1.29, 1.82) is 0 Å². The van der Waals surface area contributed by atoms with E-state index in [9.17, 15) is 0 Å². The van der Waals surface area contributed by atoms with Gasteiger partial charge in [-0.2, -0.15) is 0 Å². The van der Waals surface area contributed by atoms with Gasteiger partial charge < -0.3 is 0 Å². The zero-order chi connectivity index (χ0) is 13.3. The Balaban J connectivity index is 2.67. The van der Waals surface area contributed by atoms with Gasteiger partial charge in [0.05, 0.1) is 5.52 Å². The summed E-state index contributed by atoms with van der Waals surface area (Å²) >= 11 is 6.35. The fourth-order valence-corrected chi connectivity index (χ4v) is 2.66. The van der Waals surface area contributed by atoms with E-state index in [0.717, 1.165) is 23.9 Å². The monoisotopic (exact) mass is 261 g/mol. The van der Waals surface area contributed by atoms with Crippen LogP contribution < -0.4 is 0 Å². The van der Waals surface area contributed by atoms with Gasteiger partial charge >= 0.3 is 0 Å². The van der Waals surface area contributed by atoms with Crippen LogP contribution in [0.5, 0.6) is 0 Å². The Labute approximate surface area is 114 Å². The van der Waals surface area contributed by atoms with Gasteiger partial charge in [0.1, 0.15) is 5.15 Å². The third-order valence-electron chi connectivity index (χ3n) is 3.21. The minimum absolute atomic E-state index is 0.0268. The van der Waals surface area contributed by atoms with E-state index >= 15 is 0 Å². The van der Waals surface area contributed by atoms with Gasteiger partial charge in [-0.05, 0) is 29.0 Å². The lowest BCUT2D eigenvalue weighted by Crippen LogP contribution is -2.12. The van der Waals surface area contributed by atoms with Gasteiger partial charge in [-0.3, -0.25) is 0 Å². The van der Waals surface area contributed by atoms with Crippen LogP contribution >= 0.6 is 11.6 Å². The average molecular weight is 262 g/mol. The van der Waals surface area contributed by atoms with Crippen LogP contribution in [0.4, 0.5) is 0 Å². The highest BCUT2D eigenvalue weighted by atomic mass is 35.5. The Hall–Kier alpha value is -1.08. The normalized spacial score (nSPS) is 12.1. The van der Waals surface area contributed by atoms with Crippen LogP contribution in [0.15, 0.2) is 24.3 Å².